The predicted octanol–water partition coefficient (Wildman–Crippen LogP) is 3.55. The Morgan fingerprint density at radius 3 is 2.95 bits per heavy atom. The Bertz CT molecular complexity index is 598. The first-order valence-corrected chi connectivity index (χ1v) is 6.69. The van der Waals surface area contributed by atoms with Crippen molar-refractivity contribution in [2.45, 2.75) is 26.2 Å². The highest BCUT2D eigenvalue weighted by atomic mass is 79.9. The Morgan fingerprint density at radius 2 is 2.26 bits per heavy atom. The van der Waals surface area contributed by atoms with Crippen LogP contribution in [0.1, 0.15) is 25.7 Å². The average molecular weight is 327 g/mol. The lowest BCUT2D eigenvalue weighted by Gasteiger charge is -1.96. The maximum atomic E-state index is 13.1. The SMILES string of the molecule is CCCC(=O)Cc1nc(-c2ccc(F)c(Br)c2)no1. The normalized spacial score (nSPS) is 10.7. The number of hydrogen-bond donors (Lipinski definition) is 0. The van der Waals surface area contributed by atoms with Crippen LogP contribution in [0.4, 0.5) is 4.39 Å². The van der Waals surface area contributed by atoms with E-state index < -0.39 is 0 Å². The van der Waals surface area contributed by atoms with Crippen LogP contribution >= 0.6 is 15.9 Å². The third-order valence-electron chi connectivity index (χ3n) is 2.52. The second-order valence-electron chi connectivity index (χ2n) is 4.11. The number of Topliss-reactive ketones (excluding diaryl/α,β-unsaturated/α-hetero) is 1. The van der Waals surface area contributed by atoms with E-state index in [1.165, 1.54) is 6.07 Å². The van der Waals surface area contributed by atoms with E-state index in [2.05, 4.69) is 26.1 Å². The number of ketones is 1. The molecule has 1 aromatic heterocycles. The van der Waals surface area contributed by atoms with Crippen molar-refractivity contribution in [2.75, 3.05) is 0 Å². The minimum Gasteiger partial charge on any atom is -0.339 e. The lowest BCUT2D eigenvalue weighted by atomic mass is 10.2. The standard InChI is InChI=1S/C13H12BrFN2O2/c1-2-3-9(18)7-12-16-13(17-19-12)8-4-5-11(15)10(14)6-8/h4-6H,2-3,7H2,1H3. The zero-order valence-electron chi connectivity index (χ0n) is 10.3. The summed E-state index contributed by atoms with van der Waals surface area (Å²) in [6.45, 7) is 1.94. The van der Waals surface area contributed by atoms with E-state index >= 15 is 0 Å². The predicted molar refractivity (Wildman–Crippen MR) is 71.0 cm³/mol. The zero-order valence-corrected chi connectivity index (χ0v) is 11.9. The highest BCUT2D eigenvalue weighted by Crippen LogP contribution is 2.23. The fourth-order valence-electron chi connectivity index (χ4n) is 1.62. The zero-order chi connectivity index (χ0) is 13.8. The van der Waals surface area contributed by atoms with Crippen LogP contribution in [0, 0.1) is 5.82 Å². The highest BCUT2D eigenvalue weighted by Gasteiger charge is 2.13. The van der Waals surface area contributed by atoms with Gasteiger partial charge < -0.3 is 4.52 Å². The van der Waals surface area contributed by atoms with Gasteiger partial charge in [0.15, 0.2) is 0 Å². The Hall–Kier alpha value is -1.56. The molecule has 0 saturated carbocycles. The molecule has 0 unspecified atom stereocenters. The van der Waals surface area contributed by atoms with Gasteiger partial charge in [-0.3, -0.25) is 4.79 Å². The largest absolute Gasteiger partial charge is 0.339 e. The second-order valence-corrected chi connectivity index (χ2v) is 4.96. The molecular weight excluding hydrogens is 315 g/mol. The smallest absolute Gasteiger partial charge is 0.234 e. The molecule has 19 heavy (non-hydrogen) atoms. The van der Waals surface area contributed by atoms with Gasteiger partial charge in [-0.25, -0.2) is 4.39 Å². The summed E-state index contributed by atoms with van der Waals surface area (Å²) in [6.07, 6.45) is 1.44. The van der Waals surface area contributed by atoms with Gasteiger partial charge in [0.2, 0.25) is 11.7 Å². The summed E-state index contributed by atoms with van der Waals surface area (Å²) in [5.74, 6) is 0.345. The minimum atomic E-state index is -0.356. The lowest BCUT2D eigenvalue weighted by Crippen LogP contribution is -2.01. The summed E-state index contributed by atoms with van der Waals surface area (Å²) in [6, 6.07) is 4.44. The molecule has 0 saturated heterocycles. The van der Waals surface area contributed by atoms with Crippen LogP contribution < -0.4 is 0 Å². The van der Waals surface area contributed by atoms with Crippen LogP contribution in [-0.4, -0.2) is 15.9 Å². The first-order valence-electron chi connectivity index (χ1n) is 5.90. The van der Waals surface area contributed by atoms with E-state index in [1.54, 1.807) is 12.1 Å². The summed E-state index contributed by atoms with van der Waals surface area (Å²) in [5.41, 5.74) is 0.631. The van der Waals surface area contributed by atoms with Gasteiger partial charge in [-0.2, -0.15) is 4.98 Å². The molecule has 0 N–H and O–H groups in total. The van der Waals surface area contributed by atoms with Crippen molar-refractivity contribution < 1.29 is 13.7 Å². The van der Waals surface area contributed by atoms with Crippen molar-refractivity contribution >= 4 is 21.7 Å². The van der Waals surface area contributed by atoms with Crippen LogP contribution in [0.5, 0.6) is 0 Å². The van der Waals surface area contributed by atoms with E-state index in [0.29, 0.717) is 22.3 Å². The number of aromatic nitrogens is 2. The summed E-state index contributed by atoms with van der Waals surface area (Å²) < 4.78 is 18.5. The van der Waals surface area contributed by atoms with Crippen molar-refractivity contribution in [3.8, 4) is 11.4 Å². The number of rotatable bonds is 5. The third-order valence-corrected chi connectivity index (χ3v) is 3.13. The van der Waals surface area contributed by atoms with E-state index in [0.717, 1.165) is 6.42 Å². The van der Waals surface area contributed by atoms with E-state index in [-0.39, 0.29) is 23.9 Å². The second kappa shape index (κ2) is 6.06. The number of nitrogens with zero attached hydrogens (tertiary/aromatic N) is 2. The fourth-order valence-corrected chi connectivity index (χ4v) is 1.99. The Labute approximate surface area is 118 Å². The van der Waals surface area contributed by atoms with Crippen LogP contribution in [-0.2, 0) is 11.2 Å². The number of carbonyl (C=O) groups excluding carboxylic acids is 1. The molecule has 6 heteroatoms. The van der Waals surface area contributed by atoms with Crippen molar-refractivity contribution in [3.63, 3.8) is 0 Å². The minimum absolute atomic E-state index is 0.0676. The van der Waals surface area contributed by atoms with Crippen molar-refractivity contribution in [1.29, 1.82) is 0 Å². The van der Waals surface area contributed by atoms with Gasteiger partial charge in [0.05, 0.1) is 10.9 Å². The van der Waals surface area contributed by atoms with Gasteiger partial charge in [-0.05, 0) is 40.5 Å². The van der Waals surface area contributed by atoms with Gasteiger partial charge in [0.1, 0.15) is 11.6 Å². The lowest BCUT2D eigenvalue weighted by molar-refractivity contribution is -0.118. The fraction of sp³-hybridized carbons (Fsp3) is 0.308. The molecule has 100 valence electrons. The summed E-state index contributed by atoms with van der Waals surface area (Å²) in [7, 11) is 0. The number of carbonyl (C=O) groups is 1. The maximum Gasteiger partial charge on any atom is 0.234 e. The summed E-state index contributed by atoms with van der Waals surface area (Å²) in [4.78, 5) is 15.6. The molecule has 0 aliphatic carbocycles. The molecule has 1 heterocycles. The quantitative estimate of drug-likeness (QED) is 0.843. The van der Waals surface area contributed by atoms with E-state index in [4.69, 9.17) is 4.52 Å². The van der Waals surface area contributed by atoms with Gasteiger partial charge in [-0.1, -0.05) is 12.1 Å². The monoisotopic (exact) mass is 326 g/mol. The molecule has 0 fully saturated rings. The van der Waals surface area contributed by atoms with Gasteiger partial charge in [0.25, 0.3) is 0 Å². The number of hydrogen-bond acceptors (Lipinski definition) is 4. The molecule has 0 amide bonds. The highest BCUT2D eigenvalue weighted by molar-refractivity contribution is 9.10. The molecule has 4 nitrogen and oxygen atoms in total. The van der Waals surface area contributed by atoms with Gasteiger partial charge in [-0.15, -0.1) is 0 Å². The van der Waals surface area contributed by atoms with Crippen LogP contribution in [0.2, 0.25) is 0 Å². The van der Waals surface area contributed by atoms with Crippen molar-refractivity contribution in [1.82, 2.24) is 10.1 Å². The molecule has 0 bridgehead atoms. The molecule has 1 aromatic carbocycles. The summed E-state index contributed by atoms with van der Waals surface area (Å²) >= 11 is 3.10. The Kier molecular flexibility index (Phi) is 4.42. The molecule has 0 aliphatic rings. The molecule has 0 atom stereocenters. The van der Waals surface area contributed by atoms with Crippen molar-refractivity contribution in [3.05, 3.63) is 34.4 Å². The van der Waals surface area contributed by atoms with Gasteiger partial charge in [0, 0.05) is 12.0 Å². The molecule has 2 aromatic rings. The Balaban J connectivity index is 2.16. The van der Waals surface area contributed by atoms with E-state index in [9.17, 15) is 9.18 Å². The topological polar surface area (TPSA) is 56.0 Å². The average Bonchev–Trinajstić information content (AvgIpc) is 2.81. The maximum absolute atomic E-state index is 13.1. The van der Waals surface area contributed by atoms with Crippen LogP contribution in [0.3, 0.4) is 0 Å². The first kappa shape index (κ1) is 13.9. The van der Waals surface area contributed by atoms with Crippen molar-refractivity contribution in [2.24, 2.45) is 0 Å². The van der Waals surface area contributed by atoms with Gasteiger partial charge >= 0.3 is 0 Å². The molecule has 0 spiro atoms. The first-order chi connectivity index (χ1) is 9.10. The Morgan fingerprint density at radius 1 is 1.47 bits per heavy atom. The van der Waals surface area contributed by atoms with Crippen LogP contribution in [0.15, 0.2) is 27.2 Å². The molecule has 2 rings (SSSR count). The molecule has 0 radical (unpaired) electrons. The molecular formula is C13H12BrFN2O2. The number of benzene rings is 1. The molecule has 0 aliphatic heterocycles. The summed E-state index contributed by atoms with van der Waals surface area (Å²) in [5, 5.41) is 3.79. The number of halogens is 2. The third kappa shape index (κ3) is 3.47. The van der Waals surface area contributed by atoms with E-state index in [1.807, 2.05) is 6.92 Å². The van der Waals surface area contributed by atoms with Crippen LogP contribution in [0.25, 0.3) is 11.4 Å².